The number of aliphatic hydroxyl groups is 2. The van der Waals surface area contributed by atoms with Gasteiger partial charge < -0.3 is 25.3 Å². The Morgan fingerprint density at radius 3 is 2.91 bits per heavy atom. The number of aromatic nitrogens is 4. The summed E-state index contributed by atoms with van der Waals surface area (Å²) in [5.74, 6) is 1.17. The van der Waals surface area contributed by atoms with Gasteiger partial charge in [-0.2, -0.15) is 9.97 Å². The van der Waals surface area contributed by atoms with Gasteiger partial charge in [-0.25, -0.2) is 4.98 Å². The monoisotopic (exact) mass is 337 g/mol. The second-order valence-corrected chi connectivity index (χ2v) is 7.50. The van der Waals surface area contributed by atoms with E-state index >= 15 is 0 Å². The highest BCUT2D eigenvalue weighted by Crippen LogP contribution is 2.43. The third-order valence-electron chi connectivity index (χ3n) is 4.25. The number of ether oxygens (including phenoxy) is 1. The Bertz CT molecular complexity index is 720. The van der Waals surface area contributed by atoms with E-state index in [-0.39, 0.29) is 23.2 Å². The van der Waals surface area contributed by atoms with Crippen LogP contribution in [0.5, 0.6) is 5.88 Å². The summed E-state index contributed by atoms with van der Waals surface area (Å²) >= 11 is 1.51. The van der Waals surface area contributed by atoms with Gasteiger partial charge in [0.2, 0.25) is 11.8 Å². The molecule has 3 heterocycles. The fourth-order valence-electron chi connectivity index (χ4n) is 2.75. The van der Waals surface area contributed by atoms with Crippen molar-refractivity contribution in [1.29, 1.82) is 0 Å². The molecule has 1 saturated heterocycles. The fourth-order valence-corrected chi connectivity index (χ4v) is 4.13. The molecule has 4 rings (SSSR count). The summed E-state index contributed by atoms with van der Waals surface area (Å²) in [5, 5.41) is 19.1. The lowest BCUT2D eigenvalue weighted by atomic mass is 10.2. The van der Waals surface area contributed by atoms with E-state index in [0.29, 0.717) is 36.0 Å². The molecule has 0 bridgehead atoms. The van der Waals surface area contributed by atoms with Crippen LogP contribution in [0, 0.1) is 5.92 Å². The molecule has 0 spiro atoms. The van der Waals surface area contributed by atoms with E-state index in [1.165, 1.54) is 24.6 Å². The fraction of sp³-hybridized carbons (Fsp3) is 0.643. The molecule has 3 unspecified atom stereocenters. The zero-order chi connectivity index (χ0) is 16.0. The minimum Gasteiger partial charge on any atom is -0.476 e. The van der Waals surface area contributed by atoms with Gasteiger partial charge in [0.15, 0.2) is 11.2 Å². The smallest absolute Gasteiger partial charge is 0.247 e. The van der Waals surface area contributed by atoms with Crippen molar-refractivity contribution in [2.24, 2.45) is 5.92 Å². The number of imidazole rings is 1. The molecule has 0 radical (unpaired) electrons. The van der Waals surface area contributed by atoms with Crippen LogP contribution in [0.2, 0.25) is 0 Å². The first-order valence-corrected chi connectivity index (χ1v) is 8.67. The number of rotatable bonds is 5. The topological polar surface area (TPSA) is 119 Å². The summed E-state index contributed by atoms with van der Waals surface area (Å²) in [6, 6.07) is 0. The van der Waals surface area contributed by atoms with Gasteiger partial charge in [0.1, 0.15) is 0 Å². The number of hydrogen-bond acceptors (Lipinski definition) is 8. The molecule has 0 amide bonds. The third-order valence-corrected chi connectivity index (χ3v) is 5.80. The normalized spacial score (nSPS) is 27.7. The van der Waals surface area contributed by atoms with E-state index in [4.69, 9.17) is 10.5 Å². The van der Waals surface area contributed by atoms with Crippen molar-refractivity contribution in [2.75, 3.05) is 18.9 Å². The van der Waals surface area contributed by atoms with Gasteiger partial charge in [0.05, 0.1) is 36.3 Å². The lowest BCUT2D eigenvalue weighted by molar-refractivity contribution is 0.138. The Hall–Kier alpha value is -1.58. The minimum absolute atomic E-state index is 0.0438. The van der Waals surface area contributed by atoms with E-state index in [2.05, 4.69) is 15.0 Å². The molecule has 124 valence electrons. The molecule has 2 aromatic rings. The predicted octanol–water partition coefficient (Wildman–Crippen LogP) is 0.555. The largest absolute Gasteiger partial charge is 0.476 e. The summed E-state index contributed by atoms with van der Waals surface area (Å²) < 4.78 is 7.64. The molecule has 4 N–H and O–H groups in total. The molecule has 1 saturated carbocycles. The predicted molar refractivity (Wildman–Crippen MR) is 86.1 cm³/mol. The second-order valence-electron chi connectivity index (χ2n) is 6.08. The number of nitrogens with two attached hydrogens (primary N) is 1. The van der Waals surface area contributed by atoms with Gasteiger partial charge in [0.25, 0.3) is 0 Å². The van der Waals surface area contributed by atoms with Gasteiger partial charge in [0, 0.05) is 6.42 Å². The van der Waals surface area contributed by atoms with Gasteiger partial charge >= 0.3 is 0 Å². The van der Waals surface area contributed by atoms with Gasteiger partial charge in [-0.3, -0.25) is 0 Å². The number of nitrogens with zero attached hydrogens (tertiary/aromatic N) is 4. The quantitative estimate of drug-likeness (QED) is 0.724. The van der Waals surface area contributed by atoms with Crippen LogP contribution < -0.4 is 10.5 Å². The SMILES string of the molecule is Nc1nc(OCC2CC2)c2ncn(C3CC(O)C(CO)S3)c2n1. The zero-order valence-corrected chi connectivity index (χ0v) is 13.3. The Morgan fingerprint density at radius 1 is 1.39 bits per heavy atom. The molecule has 8 nitrogen and oxygen atoms in total. The molecule has 3 atom stereocenters. The number of fused-ring (bicyclic) bond motifs is 1. The average Bonchev–Trinajstić information content (AvgIpc) is 3.15. The first-order chi connectivity index (χ1) is 11.2. The van der Waals surface area contributed by atoms with Crippen LogP contribution in [0.25, 0.3) is 11.2 Å². The van der Waals surface area contributed by atoms with Crippen LogP contribution in [-0.4, -0.2) is 54.3 Å². The van der Waals surface area contributed by atoms with Gasteiger partial charge in [-0.1, -0.05) is 0 Å². The van der Waals surface area contributed by atoms with Crippen molar-refractivity contribution in [3.05, 3.63) is 6.33 Å². The minimum atomic E-state index is -0.544. The van der Waals surface area contributed by atoms with Crippen molar-refractivity contribution < 1.29 is 14.9 Å². The van der Waals surface area contributed by atoms with Crippen molar-refractivity contribution in [2.45, 2.75) is 36.0 Å². The van der Waals surface area contributed by atoms with E-state index < -0.39 is 6.10 Å². The van der Waals surface area contributed by atoms with Crippen molar-refractivity contribution in [3.8, 4) is 5.88 Å². The van der Waals surface area contributed by atoms with Crippen molar-refractivity contribution in [3.63, 3.8) is 0 Å². The summed E-state index contributed by atoms with van der Waals surface area (Å²) in [6.45, 7) is 0.573. The summed E-state index contributed by atoms with van der Waals surface area (Å²) in [4.78, 5) is 12.8. The Balaban J connectivity index is 1.65. The van der Waals surface area contributed by atoms with Crippen LogP contribution in [0.4, 0.5) is 5.95 Å². The van der Waals surface area contributed by atoms with Crippen molar-refractivity contribution >= 4 is 28.9 Å². The molecule has 1 aliphatic carbocycles. The van der Waals surface area contributed by atoms with Gasteiger partial charge in [-0.05, 0) is 18.8 Å². The molecular weight excluding hydrogens is 318 g/mol. The van der Waals surface area contributed by atoms with E-state index in [1.54, 1.807) is 6.33 Å². The molecular formula is C14H19N5O3S. The number of hydrogen-bond donors (Lipinski definition) is 3. The molecule has 2 aliphatic rings. The van der Waals surface area contributed by atoms with Gasteiger partial charge in [-0.15, -0.1) is 11.8 Å². The van der Waals surface area contributed by atoms with E-state index in [0.717, 1.165) is 0 Å². The maximum absolute atomic E-state index is 9.99. The van der Waals surface area contributed by atoms with E-state index in [1.807, 2.05) is 4.57 Å². The number of thioether (sulfide) groups is 1. The Kier molecular flexibility index (Phi) is 3.78. The summed E-state index contributed by atoms with van der Waals surface area (Å²) in [7, 11) is 0. The molecule has 2 aromatic heterocycles. The molecule has 2 fully saturated rings. The molecule has 23 heavy (non-hydrogen) atoms. The first-order valence-electron chi connectivity index (χ1n) is 7.73. The van der Waals surface area contributed by atoms with Crippen LogP contribution >= 0.6 is 11.8 Å². The highest BCUT2D eigenvalue weighted by Gasteiger charge is 2.35. The number of anilines is 1. The highest BCUT2D eigenvalue weighted by molar-refractivity contribution is 8.00. The molecule has 1 aliphatic heterocycles. The summed E-state index contributed by atoms with van der Waals surface area (Å²) in [6.07, 6.45) is 4.04. The lowest BCUT2D eigenvalue weighted by Gasteiger charge is -2.12. The first kappa shape index (κ1) is 15.0. The second kappa shape index (κ2) is 5.81. The lowest BCUT2D eigenvalue weighted by Crippen LogP contribution is -2.20. The summed E-state index contributed by atoms with van der Waals surface area (Å²) in [5.41, 5.74) is 7.00. The van der Waals surface area contributed by atoms with Crippen LogP contribution in [-0.2, 0) is 0 Å². The molecule has 9 heteroatoms. The highest BCUT2D eigenvalue weighted by atomic mass is 32.2. The number of aliphatic hydroxyl groups excluding tert-OH is 2. The van der Waals surface area contributed by atoms with Crippen LogP contribution in [0.3, 0.4) is 0 Å². The average molecular weight is 337 g/mol. The standard InChI is InChI=1S/C14H19N5O3S/c15-14-17-12-11(13(18-14)22-5-7-1-2-7)16-6-19(12)10-3-8(21)9(4-20)23-10/h6-10,20-21H,1-5H2,(H2,15,17,18). The zero-order valence-electron chi connectivity index (χ0n) is 12.5. The maximum Gasteiger partial charge on any atom is 0.247 e. The Labute approximate surface area is 137 Å². The van der Waals surface area contributed by atoms with E-state index in [9.17, 15) is 10.2 Å². The van der Waals surface area contributed by atoms with Crippen molar-refractivity contribution in [1.82, 2.24) is 19.5 Å². The maximum atomic E-state index is 9.99. The molecule has 0 aromatic carbocycles. The van der Waals surface area contributed by atoms with Crippen LogP contribution in [0.1, 0.15) is 24.6 Å². The number of nitrogen functional groups attached to an aromatic ring is 1. The Morgan fingerprint density at radius 2 is 2.22 bits per heavy atom. The third kappa shape index (κ3) is 2.84. The van der Waals surface area contributed by atoms with Crippen LogP contribution in [0.15, 0.2) is 6.33 Å².